The molecule has 244 valence electrons. The quantitative estimate of drug-likeness (QED) is 0.0923. The van der Waals surface area contributed by atoms with Crippen molar-refractivity contribution in [1.29, 1.82) is 5.41 Å². The fourth-order valence-electron chi connectivity index (χ4n) is 5.20. The molecule has 2 amide bonds. The number of hydrogen-bond donors (Lipinski definition) is 3. The first-order chi connectivity index (χ1) is 22.5. The van der Waals surface area contributed by atoms with Crippen LogP contribution in [0.5, 0.6) is 0 Å². The van der Waals surface area contributed by atoms with Crippen LogP contribution in [0, 0.1) is 11.3 Å². The molecular formula is C38H42N4O5. The smallest absolute Gasteiger partial charge is 0.408 e. The zero-order chi connectivity index (χ0) is 33.8. The molecule has 4 rings (SSSR count). The molecule has 0 saturated heterocycles. The largest absolute Gasteiger partial charge is 0.444 e. The van der Waals surface area contributed by atoms with Crippen LogP contribution >= 0.6 is 0 Å². The van der Waals surface area contributed by atoms with Crippen molar-refractivity contribution in [3.8, 4) is 0 Å². The lowest BCUT2D eigenvalue weighted by atomic mass is 9.90. The molecule has 1 aromatic heterocycles. The van der Waals surface area contributed by atoms with Gasteiger partial charge in [0.2, 0.25) is 11.7 Å². The third-order valence-electron chi connectivity index (χ3n) is 7.61. The molecular weight excluding hydrogens is 592 g/mol. The summed E-state index contributed by atoms with van der Waals surface area (Å²) in [6.07, 6.45) is 2.29. The van der Waals surface area contributed by atoms with Crippen LogP contribution < -0.4 is 10.6 Å². The van der Waals surface area contributed by atoms with Gasteiger partial charge in [-0.25, -0.2) is 4.79 Å². The Kier molecular flexibility index (Phi) is 12.1. The maximum Gasteiger partial charge on any atom is 0.408 e. The topological polar surface area (TPSA) is 138 Å². The highest BCUT2D eigenvalue weighted by molar-refractivity contribution is 6.44. The number of carbonyl (C=O) groups excluding carboxylic acids is 4. The van der Waals surface area contributed by atoms with Crippen LogP contribution in [0.4, 0.5) is 10.5 Å². The molecule has 0 radical (unpaired) electrons. The van der Waals surface area contributed by atoms with E-state index in [1.54, 1.807) is 57.3 Å². The molecule has 47 heavy (non-hydrogen) atoms. The molecule has 3 N–H and O–H groups in total. The Bertz CT molecular complexity index is 1700. The zero-order valence-corrected chi connectivity index (χ0v) is 27.1. The Morgan fingerprint density at radius 3 is 2.23 bits per heavy atom. The molecule has 0 fully saturated rings. The second-order valence-electron chi connectivity index (χ2n) is 12.6. The summed E-state index contributed by atoms with van der Waals surface area (Å²) >= 11 is 0. The number of ether oxygens (including phenoxy) is 1. The molecule has 0 aliphatic heterocycles. The fourth-order valence-corrected chi connectivity index (χ4v) is 5.20. The lowest BCUT2D eigenvalue weighted by Gasteiger charge is -2.24. The van der Waals surface area contributed by atoms with Gasteiger partial charge in [-0.3, -0.25) is 19.4 Å². The van der Waals surface area contributed by atoms with E-state index in [4.69, 9.17) is 10.1 Å². The molecule has 0 bridgehead atoms. The molecule has 3 aromatic carbocycles. The average Bonchev–Trinajstić information content (AvgIpc) is 3.05. The number of aromatic nitrogens is 1. The molecule has 0 spiro atoms. The van der Waals surface area contributed by atoms with Crippen molar-refractivity contribution in [2.45, 2.75) is 70.9 Å². The number of aryl methyl sites for hydroxylation is 1. The van der Waals surface area contributed by atoms with Gasteiger partial charge in [0.05, 0.1) is 29.2 Å². The number of pyridine rings is 1. The molecule has 1 heterocycles. The van der Waals surface area contributed by atoms with E-state index in [2.05, 4.69) is 15.6 Å². The molecule has 9 nitrogen and oxygen atoms in total. The van der Waals surface area contributed by atoms with Gasteiger partial charge < -0.3 is 20.8 Å². The summed E-state index contributed by atoms with van der Waals surface area (Å²) in [4.78, 5) is 57.4. The molecule has 2 atom stereocenters. The van der Waals surface area contributed by atoms with E-state index >= 15 is 0 Å². The van der Waals surface area contributed by atoms with E-state index in [0.717, 1.165) is 16.5 Å². The van der Waals surface area contributed by atoms with Crippen molar-refractivity contribution in [2.75, 3.05) is 5.32 Å². The van der Waals surface area contributed by atoms with Crippen molar-refractivity contribution in [1.82, 2.24) is 10.3 Å². The molecule has 0 saturated carbocycles. The number of benzene rings is 3. The molecule has 0 aliphatic rings. The second-order valence-corrected chi connectivity index (χ2v) is 12.6. The number of nitrogens with zero attached hydrogens (tertiary/aromatic N) is 1. The number of nitrogens with one attached hydrogen (secondary N) is 3. The average molecular weight is 635 g/mol. The van der Waals surface area contributed by atoms with Crippen molar-refractivity contribution < 1.29 is 23.9 Å². The van der Waals surface area contributed by atoms with E-state index < -0.39 is 23.7 Å². The number of Topliss-reactive ketones (excluding diaryl/α,β-unsaturated/α-hetero) is 2. The lowest BCUT2D eigenvalue weighted by molar-refractivity contribution is -0.127. The summed E-state index contributed by atoms with van der Waals surface area (Å²) in [5.74, 6) is -1.73. The number of amides is 2. The Morgan fingerprint density at radius 2 is 1.53 bits per heavy atom. The van der Waals surface area contributed by atoms with Gasteiger partial charge in [0.1, 0.15) is 5.60 Å². The maximum absolute atomic E-state index is 13.8. The van der Waals surface area contributed by atoms with Crippen LogP contribution in [-0.2, 0) is 20.7 Å². The van der Waals surface area contributed by atoms with Gasteiger partial charge in [0, 0.05) is 23.3 Å². The fraction of sp³-hybridized carbons (Fsp3) is 0.316. The number of rotatable bonds is 15. The Morgan fingerprint density at radius 1 is 0.872 bits per heavy atom. The first-order valence-corrected chi connectivity index (χ1v) is 15.9. The standard InChI is InChI=1S/C38H42N4O5/c1-38(2,3)47-37(46)42-33(20-12-18-31(39)35(44)27-15-8-5-9-16-27)34(43)24-29(22-21-26-13-6-4-7-14-26)36(45)41-30-23-28-17-10-11-19-32(28)40-25-30/h4-11,13-17,19,23,25,29,33,39H,12,18,20-22,24H2,1-3H3,(H,41,45)(H,42,46)/t29-,33-/m0/s1. The van der Waals surface area contributed by atoms with Crippen molar-refractivity contribution in [3.05, 3.63) is 108 Å². The Balaban J connectivity index is 1.48. The van der Waals surface area contributed by atoms with E-state index in [1.165, 1.54) is 0 Å². The second kappa shape index (κ2) is 16.4. The van der Waals surface area contributed by atoms with Crippen LogP contribution in [0.1, 0.15) is 68.8 Å². The highest BCUT2D eigenvalue weighted by atomic mass is 16.6. The Labute approximate surface area is 275 Å². The number of alkyl carbamates (subject to hydrolysis) is 1. The van der Waals surface area contributed by atoms with E-state index in [0.29, 0.717) is 30.5 Å². The summed E-state index contributed by atoms with van der Waals surface area (Å²) in [6, 6.07) is 26.8. The van der Waals surface area contributed by atoms with Crippen LogP contribution in [0.2, 0.25) is 0 Å². The SMILES string of the molecule is CC(C)(C)OC(=O)N[C@@H](CCCC(=N)C(=O)c1ccccc1)C(=O)C[C@H](CCc1ccccc1)C(=O)Nc1cnc2ccccc2c1. The zero-order valence-electron chi connectivity index (χ0n) is 27.1. The normalized spacial score (nSPS) is 12.5. The monoisotopic (exact) mass is 634 g/mol. The minimum atomic E-state index is -0.973. The third kappa shape index (κ3) is 11.0. The number of ketones is 2. The summed E-state index contributed by atoms with van der Waals surface area (Å²) < 4.78 is 5.43. The van der Waals surface area contributed by atoms with Gasteiger partial charge in [-0.15, -0.1) is 0 Å². The van der Waals surface area contributed by atoms with Crippen molar-refractivity contribution in [2.24, 2.45) is 5.92 Å². The molecule has 9 heteroatoms. The number of hydrogen-bond acceptors (Lipinski definition) is 7. The lowest BCUT2D eigenvalue weighted by Crippen LogP contribution is -2.44. The van der Waals surface area contributed by atoms with Crippen molar-refractivity contribution >= 4 is 45.9 Å². The molecule has 4 aromatic rings. The summed E-state index contributed by atoms with van der Waals surface area (Å²) in [7, 11) is 0. The number of para-hydroxylation sites is 1. The predicted octanol–water partition coefficient (Wildman–Crippen LogP) is 7.35. The first-order valence-electron chi connectivity index (χ1n) is 15.9. The highest BCUT2D eigenvalue weighted by Crippen LogP contribution is 2.22. The minimum absolute atomic E-state index is 0.0798. The number of carbonyl (C=O) groups is 4. The van der Waals surface area contributed by atoms with Gasteiger partial charge in [-0.1, -0.05) is 78.9 Å². The van der Waals surface area contributed by atoms with E-state index in [-0.39, 0.29) is 42.4 Å². The van der Waals surface area contributed by atoms with Crippen LogP contribution in [0.25, 0.3) is 10.9 Å². The number of fused-ring (bicyclic) bond motifs is 1. The van der Waals surface area contributed by atoms with Crippen molar-refractivity contribution in [3.63, 3.8) is 0 Å². The summed E-state index contributed by atoms with van der Waals surface area (Å²) in [5.41, 5.74) is 1.92. The van der Waals surface area contributed by atoms with Crippen LogP contribution in [0.15, 0.2) is 97.2 Å². The maximum atomic E-state index is 13.8. The van der Waals surface area contributed by atoms with Gasteiger partial charge in [-0.05, 0) is 70.6 Å². The van der Waals surface area contributed by atoms with Gasteiger partial charge in [0.15, 0.2) is 5.78 Å². The predicted molar refractivity (Wildman–Crippen MR) is 184 cm³/mol. The van der Waals surface area contributed by atoms with E-state index in [9.17, 15) is 19.2 Å². The molecule has 0 aliphatic carbocycles. The first kappa shape index (κ1) is 34.7. The highest BCUT2D eigenvalue weighted by Gasteiger charge is 2.29. The van der Waals surface area contributed by atoms with Gasteiger partial charge >= 0.3 is 6.09 Å². The number of anilines is 1. The summed E-state index contributed by atoms with van der Waals surface area (Å²) in [6.45, 7) is 5.18. The molecule has 0 unspecified atom stereocenters. The van der Waals surface area contributed by atoms with Gasteiger partial charge in [-0.2, -0.15) is 0 Å². The van der Waals surface area contributed by atoms with Crippen LogP contribution in [0.3, 0.4) is 0 Å². The Hall–Kier alpha value is -5.18. The van der Waals surface area contributed by atoms with Gasteiger partial charge in [0.25, 0.3) is 0 Å². The summed E-state index contributed by atoms with van der Waals surface area (Å²) in [5, 5.41) is 14.8. The minimum Gasteiger partial charge on any atom is -0.444 e. The third-order valence-corrected chi connectivity index (χ3v) is 7.61. The van der Waals surface area contributed by atoms with Crippen LogP contribution in [-0.4, -0.2) is 45.9 Å². The van der Waals surface area contributed by atoms with E-state index in [1.807, 2.05) is 60.7 Å².